The first kappa shape index (κ1) is 12.6. The molecular weight excluding hydrogens is 268 g/mol. The van der Waals surface area contributed by atoms with Gasteiger partial charge in [-0.1, -0.05) is 12.2 Å². The Hall–Kier alpha value is -2.17. The first-order valence-corrected chi connectivity index (χ1v) is 7.32. The standard InChI is InChI=1S/C16H16N2O3/c1-9-2-7-12(21-9)8-17-18-15(19)13-10-3-4-11(6-5-10)14(13)16(18)20/h2-4,7-8,10-11,13-14H,5-6H2,1H3/b17-8-/t10-,11-,13-,14+/m0/s1. The third kappa shape index (κ3) is 1.80. The summed E-state index contributed by atoms with van der Waals surface area (Å²) in [4.78, 5) is 25.0. The molecule has 3 aliphatic carbocycles. The Morgan fingerprint density at radius 1 is 1.14 bits per heavy atom. The highest BCUT2D eigenvalue weighted by Crippen LogP contribution is 2.49. The van der Waals surface area contributed by atoms with Crippen LogP contribution in [0.5, 0.6) is 0 Å². The van der Waals surface area contributed by atoms with Crippen molar-refractivity contribution in [2.24, 2.45) is 28.8 Å². The number of carbonyl (C=O) groups excluding carboxylic acids is 2. The number of rotatable bonds is 2. The van der Waals surface area contributed by atoms with E-state index in [-0.39, 0.29) is 35.5 Å². The summed E-state index contributed by atoms with van der Waals surface area (Å²) < 4.78 is 5.38. The molecule has 2 bridgehead atoms. The lowest BCUT2D eigenvalue weighted by atomic mass is 9.63. The molecule has 4 atom stereocenters. The van der Waals surface area contributed by atoms with Gasteiger partial charge in [0.2, 0.25) is 0 Å². The second kappa shape index (κ2) is 4.41. The molecule has 5 heteroatoms. The first-order chi connectivity index (χ1) is 10.1. The van der Waals surface area contributed by atoms with Crippen LogP contribution in [0.4, 0.5) is 0 Å². The van der Waals surface area contributed by atoms with Gasteiger partial charge in [0, 0.05) is 0 Å². The molecule has 2 amide bonds. The van der Waals surface area contributed by atoms with Crippen LogP contribution in [0.3, 0.4) is 0 Å². The zero-order valence-corrected chi connectivity index (χ0v) is 11.7. The van der Waals surface area contributed by atoms with Crippen molar-refractivity contribution in [3.63, 3.8) is 0 Å². The average Bonchev–Trinajstić information content (AvgIpc) is 3.03. The predicted molar refractivity (Wildman–Crippen MR) is 75.2 cm³/mol. The van der Waals surface area contributed by atoms with Crippen LogP contribution < -0.4 is 0 Å². The van der Waals surface area contributed by atoms with E-state index in [1.165, 1.54) is 6.21 Å². The molecule has 1 saturated carbocycles. The maximum Gasteiger partial charge on any atom is 0.254 e. The van der Waals surface area contributed by atoms with Crippen LogP contribution >= 0.6 is 0 Å². The number of hydrogen-bond donors (Lipinski definition) is 0. The summed E-state index contributed by atoms with van der Waals surface area (Å²) in [7, 11) is 0. The van der Waals surface area contributed by atoms with E-state index in [1.807, 2.05) is 13.0 Å². The molecule has 4 aliphatic rings. The highest BCUT2D eigenvalue weighted by Gasteiger charge is 2.56. The fraction of sp³-hybridized carbons (Fsp3) is 0.438. The molecule has 0 radical (unpaired) electrons. The van der Waals surface area contributed by atoms with Gasteiger partial charge < -0.3 is 4.42 Å². The molecule has 0 N–H and O–H groups in total. The number of imide groups is 1. The van der Waals surface area contributed by atoms with Crippen molar-refractivity contribution in [1.29, 1.82) is 0 Å². The minimum absolute atomic E-state index is 0.163. The summed E-state index contributed by atoms with van der Waals surface area (Å²) in [5.74, 6) is 0.959. The Labute approximate surface area is 122 Å². The van der Waals surface area contributed by atoms with Crippen LogP contribution in [0.25, 0.3) is 0 Å². The van der Waals surface area contributed by atoms with Crippen molar-refractivity contribution in [1.82, 2.24) is 5.01 Å². The number of aryl methyl sites for hydroxylation is 1. The Bertz CT molecular complexity index is 641. The van der Waals surface area contributed by atoms with Crippen LogP contribution in [0.1, 0.15) is 24.4 Å². The van der Waals surface area contributed by atoms with Gasteiger partial charge in [-0.2, -0.15) is 10.1 Å². The summed E-state index contributed by atoms with van der Waals surface area (Å²) in [5, 5.41) is 5.12. The minimum atomic E-state index is -0.211. The van der Waals surface area contributed by atoms with Crippen molar-refractivity contribution >= 4 is 18.0 Å². The molecule has 5 rings (SSSR count). The molecule has 1 saturated heterocycles. The van der Waals surface area contributed by atoms with Crippen LogP contribution in [0.15, 0.2) is 33.8 Å². The lowest BCUT2D eigenvalue weighted by molar-refractivity contribution is -0.140. The zero-order valence-electron chi connectivity index (χ0n) is 11.7. The van der Waals surface area contributed by atoms with E-state index in [4.69, 9.17) is 4.42 Å². The monoisotopic (exact) mass is 284 g/mol. The molecule has 0 spiro atoms. The van der Waals surface area contributed by atoms with Crippen molar-refractivity contribution in [2.45, 2.75) is 19.8 Å². The second-order valence-corrected chi connectivity index (χ2v) is 6.02. The number of carbonyl (C=O) groups is 2. The third-order valence-corrected chi connectivity index (χ3v) is 4.80. The van der Waals surface area contributed by atoms with Gasteiger partial charge in [0.15, 0.2) is 0 Å². The largest absolute Gasteiger partial charge is 0.460 e. The number of hydrazone groups is 1. The lowest BCUT2D eigenvalue weighted by Gasteiger charge is -2.37. The fourth-order valence-corrected chi connectivity index (χ4v) is 3.81. The van der Waals surface area contributed by atoms with Gasteiger partial charge in [-0.25, -0.2) is 0 Å². The van der Waals surface area contributed by atoms with Gasteiger partial charge in [0.1, 0.15) is 11.5 Å². The van der Waals surface area contributed by atoms with Crippen molar-refractivity contribution in [3.05, 3.63) is 35.8 Å². The quantitative estimate of drug-likeness (QED) is 0.475. The molecule has 21 heavy (non-hydrogen) atoms. The molecule has 1 aliphatic heterocycles. The molecule has 1 aromatic heterocycles. The van der Waals surface area contributed by atoms with E-state index in [0.29, 0.717) is 5.76 Å². The van der Waals surface area contributed by atoms with Crippen LogP contribution in [-0.2, 0) is 9.59 Å². The summed E-state index contributed by atoms with van der Waals surface area (Å²) in [6, 6.07) is 3.58. The van der Waals surface area contributed by atoms with Gasteiger partial charge in [0.25, 0.3) is 11.8 Å². The van der Waals surface area contributed by atoms with Gasteiger partial charge in [-0.05, 0) is 43.7 Å². The lowest BCUT2D eigenvalue weighted by Crippen LogP contribution is -2.38. The number of amides is 2. The molecule has 1 aromatic rings. The summed E-state index contributed by atoms with van der Waals surface area (Å²) in [6.07, 6.45) is 7.63. The van der Waals surface area contributed by atoms with E-state index >= 15 is 0 Å². The third-order valence-electron chi connectivity index (χ3n) is 4.80. The van der Waals surface area contributed by atoms with E-state index in [2.05, 4.69) is 17.3 Å². The molecular formula is C16H16N2O3. The van der Waals surface area contributed by atoms with Crippen molar-refractivity contribution in [3.8, 4) is 0 Å². The Kier molecular flexibility index (Phi) is 2.64. The number of hydrogen-bond acceptors (Lipinski definition) is 4. The first-order valence-electron chi connectivity index (χ1n) is 7.32. The highest BCUT2D eigenvalue weighted by molar-refractivity contribution is 6.06. The number of nitrogens with zero attached hydrogens (tertiary/aromatic N) is 2. The van der Waals surface area contributed by atoms with Crippen molar-refractivity contribution < 1.29 is 14.0 Å². The molecule has 0 aromatic carbocycles. The minimum Gasteiger partial charge on any atom is -0.460 e. The Balaban J connectivity index is 1.62. The van der Waals surface area contributed by atoms with E-state index in [0.717, 1.165) is 23.6 Å². The van der Waals surface area contributed by atoms with Crippen LogP contribution in [-0.4, -0.2) is 23.0 Å². The van der Waals surface area contributed by atoms with Gasteiger partial charge in [-0.3, -0.25) is 9.59 Å². The normalized spacial score (nSPS) is 34.2. The summed E-state index contributed by atoms with van der Waals surface area (Å²) in [5.41, 5.74) is 0. The van der Waals surface area contributed by atoms with Crippen LogP contribution in [0, 0.1) is 30.6 Å². The summed E-state index contributed by atoms with van der Waals surface area (Å²) >= 11 is 0. The molecule has 2 heterocycles. The Morgan fingerprint density at radius 2 is 1.76 bits per heavy atom. The number of allylic oxidation sites excluding steroid dienone is 2. The molecule has 108 valence electrons. The van der Waals surface area contributed by atoms with Gasteiger partial charge >= 0.3 is 0 Å². The smallest absolute Gasteiger partial charge is 0.254 e. The predicted octanol–water partition coefficient (Wildman–Crippen LogP) is 2.12. The van der Waals surface area contributed by atoms with Crippen LogP contribution in [0.2, 0.25) is 0 Å². The van der Waals surface area contributed by atoms with E-state index < -0.39 is 0 Å². The van der Waals surface area contributed by atoms with Gasteiger partial charge in [0.05, 0.1) is 18.1 Å². The maximum absolute atomic E-state index is 12.5. The average molecular weight is 284 g/mol. The molecule has 5 nitrogen and oxygen atoms in total. The SMILES string of the molecule is Cc1ccc(/C=N\N2C(=O)[C@@H]3[C@H](C2=O)[C@H]2C=C[C@H]3CC2)o1. The maximum atomic E-state index is 12.5. The Morgan fingerprint density at radius 3 is 2.24 bits per heavy atom. The number of fused-ring (bicyclic) bond motifs is 1. The fourth-order valence-electron chi connectivity index (χ4n) is 3.81. The summed E-state index contributed by atoms with van der Waals surface area (Å²) in [6.45, 7) is 1.83. The zero-order chi connectivity index (χ0) is 14.6. The number of furan rings is 1. The molecule has 2 fully saturated rings. The highest BCUT2D eigenvalue weighted by atomic mass is 16.3. The molecule has 0 unspecified atom stereocenters. The second-order valence-electron chi connectivity index (χ2n) is 6.02. The van der Waals surface area contributed by atoms with Crippen molar-refractivity contribution in [2.75, 3.05) is 0 Å². The van der Waals surface area contributed by atoms with E-state index in [9.17, 15) is 9.59 Å². The van der Waals surface area contributed by atoms with E-state index in [1.54, 1.807) is 6.07 Å². The van der Waals surface area contributed by atoms with Gasteiger partial charge in [-0.15, -0.1) is 0 Å². The topological polar surface area (TPSA) is 62.9 Å².